The van der Waals surface area contributed by atoms with E-state index in [-0.39, 0.29) is 11.6 Å². The smallest absolute Gasteiger partial charge is 0.132 e. The van der Waals surface area contributed by atoms with Crippen LogP contribution in [0.1, 0.15) is 5.69 Å². The van der Waals surface area contributed by atoms with Gasteiger partial charge in [0.2, 0.25) is 0 Å². The molecule has 3 rings (SSSR count). The molecule has 0 bridgehead atoms. The van der Waals surface area contributed by atoms with Gasteiger partial charge in [-0.05, 0) is 24.3 Å². The van der Waals surface area contributed by atoms with Crippen molar-refractivity contribution < 1.29 is 8.78 Å². The molecule has 0 amide bonds. The maximum absolute atomic E-state index is 14.0. The fraction of sp³-hybridized carbons (Fsp3) is 0.0556. The third-order valence-electron chi connectivity index (χ3n) is 3.41. The van der Waals surface area contributed by atoms with E-state index in [0.717, 1.165) is 0 Å². The maximum Gasteiger partial charge on any atom is 0.132 e. The molecule has 3 aromatic rings. The summed E-state index contributed by atoms with van der Waals surface area (Å²) in [5, 5.41) is 0.457. The maximum atomic E-state index is 14.0. The van der Waals surface area contributed by atoms with E-state index < -0.39 is 0 Å². The lowest BCUT2D eigenvalue weighted by Crippen LogP contribution is -1.96. The highest BCUT2D eigenvalue weighted by Gasteiger charge is 2.13. The predicted octanol–water partition coefficient (Wildman–Crippen LogP) is 5.59. The Morgan fingerprint density at radius 3 is 1.91 bits per heavy atom. The number of alkyl halides is 1. The molecule has 0 aliphatic heterocycles. The van der Waals surface area contributed by atoms with E-state index >= 15 is 0 Å². The Morgan fingerprint density at radius 2 is 1.32 bits per heavy atom. The SMILES string of the molecule is Fc1ccccc1-c1ccc(-c2ccccc2F)c(CBr)n1. The second-order valence-corrected chi connectivity index (χ2v) is 5.34. The van der Waals surface area contributed by atoms with Crippen LogP contribution in [0.15, 0.2) is 60.7 Å². The highest BCUT2D eigenvalue weighted by molar-refractivity contribution is 9.08. The third kappa shape index (κ3) is 2.79. The number of rotatable bonds is 3. The van der Waals surface area contributed by atoms with E-state index in [1.807, 2.05) is 0 Å². The molecule has 0 N–H and O–H groups in total. The van der Waals surface area contributed by atoms with Gasteiger partial charge in [-0.1, -0.05) is 52.3 Å². The zero-order valence-corrected chi connectivity index (χ0v) is 13.1. The zero-order valence-electron chi connectivity index (χ0n) is 11.6. The average molecular weight is 360 g/mol. The average Bonchev–Trinajstić information content (AvgIpc) is 2.55. The second kappa shape index (κ2) is 6.36. The first kappa shape index (κ1) is 14.9. The number of halogens is 3. The number of nitrogens with zero attached hydrogens (tertiary/aromatic N) is 1. The molecule has 110 valence electrons. The summed E-state index contributed by atoms with van der Waals surface area (Å²) < 4.78 is 27.9. The van der Waals surface area contributed by atoms with Crippen LogP contribution in [0, 0.1) is 11.6 Å². The Bertz CT molecular complexity index is 818. The van der Waals surface area contributed by atoms with Crippen LogP contribution in [-0.4, -0.2) is 4.98 Å². The van der Waals surface area contributed by atoms with Gasteiger partial charge in [-0.2, -0.15) is 0 Å². The monoisotopic (exact) mass is 359 g/mol. The number of hydrogen-bond acceptors (Lipinski definition) is 1. The van der Waals surface area contributed by atoms with Gasteiger partial charge < -0.3 is 0 Å². The molecule has 0 unspecified atom stereocenters. The van der Waals surface area contributed by atoms with Crippen LogP contribution in [0.5, 0.6) is 0 Å². The highest BCUT2D eigenvalue weighted by Crippen LogP contribution is 2.30. The fourth-order valence-electron chi connectivity index (χ4n) is 2.35. The summed E-state index contributed by atoms with van der Waals surface area (Å²) >= 11 is 3.38. The van der Waals surface area contributed by atoms with Crippen molar-refractivity contribution in [1.82, 2.24) is 4.98 Å². The number of hydrogen-bond donors (Lipinski definition) is 0. The molecule has 22 heavy (non-hydrogen) atoms. The van der Waals surface area contributed by atoms with Crippen LogP contribution in [0.25, 0.3) is 22.4 Å². The fourth-order valence-corrected chi connectivity index (χ4v) is 2.77. The van der Waals surface area contributed by atoms with Gasteiger partial charge in [-0.3, -0.25) is 4.98 Å². The van der Waals surface area contributed by atoms with Gasteiger partial charge in [0.05, 0.1) is 11.4 Å². The first-order valence-corrected chi connectivity index (χ1v) is 7.88. The van der Waals surface area contributed by atoms with Crippen LogP contribution in [0.3, 0.4) is 0 Å². The van der Waals surface area contributed by atoms with Gasteiger partial charge in [0.25, 0.3) is 0 Å². The number of aromatic nitrogens is 1. The number of benzene rings is 2. The standard InChI is InChI=1S/C18H12BrF2N/c19-11-18-13(12-5-1-3-7-15(12)20)9-10-17(22-18)14-6-2-4-8-16(14)21/h1-10H,11H2. The Labute approximate surface area is 135 Å². The molecular formula is C18H12BrF2N. The Hall–Kier alpha value is -2.07. The summed E-state index contributed by atoms with van der Waals surface area (Å²) in [4.78, 5) is 4.49. The topological polar surface area (TPSA) is 12.9 Å². The van der Waals surface area contributed by atoms with Gasteiger partial charge in [-0.25, -0.2) is 8.78 Å². The lowest BCUT2D eigenvalue weighted by atomic mass is 10.0. The molecule has 0 atom stereocenters. The van der Waals surface area contributed by atoms with Crippen LogP contribution >= 0.6 is 15.9 Å². The minimum absolute atomic E-state index is 0.301. The van der Waals surface area contributed by atoms with Crippen LogP contribution in [0.4, 0.5) is 8.78 Å². The molecule has 0 radical (unpaired) electrons. The molecule has 0 saturated carbocycles. The summed E-state index contributed by atoms with van der Waals surface area (Å²) in [7, 11) is 0. The van der Waals surface area contributed by atoms with Crippen LogP contribution < -0.4 is 0 Å². The van der Waals surface area contributed by atoms with Crippen molar-refractivity contribution in [3.63, 3.8) is 0 Å². The van der Waals surface area contributed by atoms with Crippen molar-refractivity contribution >= 4 is 15.9 Å². The summed E-state index contributed by atoms with van der Waals surface area (Å²) in [6.07, 6.45) is 0. The molecular weight excluding hydrogens is 348 g/mol. The molecule has 0 aliphatic rings. The quantitative estimate of drug-likeness (QED) is 0.555. The molecule has 0 spiro atoms. The minimum atomic E-state index is -0.325. The van der Waals surface area contributed by atoms with E-state index in [1.54, 1.807) is 48.5 Å². The molecule has 1 nitrogen and oxygen atoms in total. The molecule has 1 heterocycles. The van der Waals surface area contributed by atoms with Crippen molar-refractivity contribution in [2.75, 3.05) is 0 Å². The van der Waals surface area contributed by atoms with Gasteiger partial charge in [0.1, 0.15) is 11.6 Å². The second-order valence-electron chi connectivity index (χ2n) is 4.78. The Kier molecular flexibility index (Phi) is 4.29. The summed E-state index contributed by atoms with van der Waals surface area (Å²) in [6, 6.07) is 16.5. The molecule has 0 aliphatic carbocycles. The van der Waals surface area contributed by atoms with E-state index in [9.17, 15) is 8.78 Å². The largest absolute Gasteiger partial charge is 0.251 e. The zero-order chi connectivity index (χ0) is 15.5. The number of pyridine rings is 1. The lowest BCUT2D eigenvalue weighted by molar-refractivity contribution is 0.630. The summed E-state index contributed by atoms with van der Waals surface area (Å²) in [5.41, 5.74) is 2.84. The minimum Gasteiger partial charge on any atom is -0.251 e. The van der Waals surface area contributed by atoms with Gasteiger partial charge in [-0.15, -0.1) is 0 Å². The van der Waals surface area contributed by atoms with E-state index in [4.69, 9.17) is 0 Å². The molecule has 2 aromatic carbocycles. The van der Waals surface area contributed by atoms with Crippen molar-refractivity contribution in [2.45, 2.75) is 5.33 Å². The lowest BCUT2D eigenvalue weighted by Gasteiger charge is -2.11. The molecule has 0 saturated heterocycles. The van der Waals surface area contributed by atoms with E-state index in [2.05, 4.69) is 20.9 Å². The highest BCUT2D eigenvalue weighted by atomic mass is 79.9. The van der Waals surface area contributed by atoms with Gasteiger partial charge in [0, 0.05) is 22.0 Å². The van der Waals surface area contributed by atoms with Crippen molar-refractivity contribution in [3.8, 4) is 22.4 Å². The van der Waals surface area contributed by atoms with Crippen molar-refractivity contribution in [3.05, 3.63) is 78.0 Å². The van der Waals surface area contributed by atoms with Gasteiger partial charge >= 0.3 is 0 Å². The Morgan fingerprint density at radius 1 is 0.727 bits per heavy atom. The summed E-state index contributed by atoms with van der Waals surface area (Å²) in [6.45, 7) is 0. The van der Waals surface area contributed by atoms with Crippen LogP contribution in [-0.2, 0) is 5.33 Å². The Balaban J connectivity index is 2.13. The van der Waals surface area contributed by atoms with E-state index in [0.29, 0.717) is 33.4 Å². The summed E-state index contributed by atoms with van der Waals surface area (Å²) in [5.74, 6) is -0.626. The van der Waals surface area contributed by atoms with Gasteiger partial charge in [0.15, 0.2) is 0 Å². The molecule has 0 fully saturated rings. The first-order chi connectivity index (χ1) is 10.7. The van der Waals surface area contributed by atoms with E-state index in [1.165, 1.54) is 12.1 Å². The normalized spacial score (nSPS) is 10.7. The van der Waals surface area contributed by atoms with Crippen molar-refractivity contribution in [1.29, 1.82) is 0 Å². The third-order valence-corrected chi connectivity index (χ3v) is 3.95. The van der Waals surface area contributed by atoms with Crippen LogP contribution in [0.2, 0.25) is 0 Å². The molecule has 4 heteroatoms. The predicted molar refractivity (Wildman–Crippen MR) is 87.7 cm³/mol. The first-order valence-electron chi connectivity index (χ1n) is 6.76. The van der Waals surface area contributed by atoms with Crippen molar-refractivity contribution in [2.24, 2.45) is 0 Å². The molecule has 1 aromatic heterocycles.